The van der Waals surface area contributed by atoms with Crippen LogP contribution in [-0.4, -0.2) is 85.7 Å². The third-order valence-corrected chi connectivity index (χ3v) is 8.12. The van der Waals surface area contributed by atoms with Crippen molar-refractivity contribution in [1.29, 1.82) is 0 Å². The second-order valence-corrected chi connectivity index (χ2v) is 10.9. The van der Waals surface area contributed by atoms with Gasteiger partial charge in [0.15, 0.2) is 0 Å². The lowest BCUT2D eigenvalue weighted by molar-refractivity contribution is -0.137. The number of nitrogens with zero attached hydrogens (tertiary/aromatic N) is 2. The number of carbonyl (C=O) groups is 3. The maximum Gasteiger partial charge on any atom is 0.416 e. The van der Waals surface area contributed by atoms with Gasteiger partial charge in [-0.05, 0) is 84.0 Å². The van der Waals surface area contributed by atoms with Crippen LogP contribution in [0.1, 0.15) is 68.8 Å². The smallest absolute Gasteiger partial charge is 0.385 e. The number of hydrogen-bond donors (Lipinski definition) is 3. The number of methoxy groups -OCH3 is 1. The largest absolute Gasteiger partial charge is 0.416 e. The molecule has 1 aromatic rings. The molecular formula is C28H42F3N5O4. The second kappa shape index (κ2) is 13.7. The van der Waals surface area contributed by atoms with E-state index in [2.05, 4.69) is 41.7 Å². The average Bonchev–Trinajstić information content (AvgIpc) is 3.25. The maximum atomic E-state index is 13.5. The Morgan fingerprint density at radius 1 is 1.20 bits per heavy atom. The van der Waals surface area contributed by atoms with E-state index in [-0.39, 0.29) is 29.1 Å². The fourth-order valence-corrected chi connectivity index (χ4v) is 5.75. The van der Waals surface area contributed by atoms with E-state index in [1.54, 1.807) is 14.0 Å². The topological polar surface area (TPSA) is 103 Å². The predicted molar refractivity (Wildman–Crippen MR) is 146 cm³/mol. The molecule has 0 aromatic heterocycles. The summed E-state index contributed by atoms with van der Waals surface area (Å²) in [5.41, 5.74) is -1.46. The second-order valence-electron chi connectivity index (χ2n) is 10.9. The molecule has 0 radical (unpaired) electrons. The van der Waals surface area contributed by atoms with E-state index in [9.17, 15) is 27.6 Å². The standard InChI is InChI=1S/C28H42F3N5O4/c1-6-32-27(39)34-22-9-7-19(28(29,30)31)16-21(22)25(37)33-23-11-13-36(26(23)38)24-10-8-20(35(4)17(2)3)15-18(24)12-14-40-5/h7,9,16-18,20,23-24H,6,8,10-15H2,1-5H3,(H,33,37)(H2,32,34,39)/t18-,20-,23+,24+/m1/s1. The number of hydrogen-bond acceptors (Lipinski definition) is 5. The van der Waals surface area contributed by atoms with Gasteiger partial charge in [-0.1, -0.05) is 0 Å². The quantitative estimate of drug-likeness (QED) is 0.394. The van der Waals surface area contributed by atoms with Gasteiger partial charge in [-0.2, -0.15) is 13.2 Å². The number of amides is 4. The van der Waals surface area contributed by atoms with Crippen LogP contribution in [0.2, 0.25) is 0 Å². The number of rotatable bonds is 10. The minimum Gasteiger partial charge on any atom is -0.385 e. The van der Waals surface area contributed by atoms with Crippen molar-refractivity contribution in [3.63, 3.8) is 0 Å². The molecule has 3 rings (SSSR count). The lowest BCUT2D eigenvalue weighted by Crippen LogP contribution is -2.52. The fourth-order valence-electron chi connectivity index (χ4n) is 5.75. The third-order valence-electron chi connectivity index (χ3n) is 8.12. The van der Waals surface area contributed by atoms with Gasteiger partial charge >= 0.3 is 12.2 Å². The summed E-state index contributed by atoms with van der Waals surface area (Å²) < 4.78 is 45.6. The van der Waals surface area contributed by atoms with Crippen LogP contribution in [0.3, 0.4) is 0 Å². The molecule has 0 unspecified atom stereocenters. The van der Waals surface area contributed by atoms with Crippen molar-refractivity contribution in [3.8, 4) is 0 Å². The van der Waals surface area contributed by atoms with E-state index in [0.717, 1.165) is 37.8 Å². The van der Waals surface area contributed by atoms with Gasteiger partial charge in [0.25, 0.3) is 5.91 Å². The van der Waals surface area contributed by atoms with Crippen LogP contribution in [0.25, 0.3) is 0 Å². The molecule has 2 aliphatic rings. The molecule has 12 heteroatoms. The van der Waals surface area contributed by atoms with Crippen LogP contribution in [0.15, 0.2) is 18.2 Å². The minimum atomic E-state index is -4.68. The number of carbonyl (C=O) groups excluding carboxylic acids is 3. The molecule has 1 saturated heterocycles. The van der Waals surface area contributed by atoms with Crippen molar-refractivity contribution in [2.45, 2.75) is 83.2 Å². The summed E-state index contributed by atoms with van der Waals surface area (Å²) in [5.74, 6) is -0.854. The maximum absolute atomic E-state index is 13.5. The van der Waals surface area contributed by atoms with Crippen molar-refractivity contribution >= 4 is 23.5 Å². The molecule has 1 aliphatic heterocycles. The number of anilines is 1. The van der Waals surface area contributed by atoms with E-state index in [0.29, 0.717) is 44.3 Å². The molecule has 1 aliphatic carbocycles. The Morgan fingerprint density at radius 2 is 1.93 bits per heavy atom. The molecular weight excluding hydrogens is 527 g/mol. The molecule has 4 amide bonds. The van der Waals surface area contributed by atoms with Crippen LogP contribution in [0.5, 0.6) is 0 Å². The molecule has 40 heavy (non-hydrogen) atoms. The van der Waals surface area contributed by atoms with E-state index in [4.69, 9.17) is 4.74 Å². The summed E-state index contributed by atoms with van der Waals surface area (Å²) in [6.07, 6.45) is -0.810. The van der Waals surface area contributed by atoms with Crippen LogP contribution < -0.4 is 16.0 Å². The SMILES string of the molecule is CCNC(=O)Nc1ccc(C(F)(F)F)cc1C(=O)N[C@H]1CCN([C@H]2CC[C@@H](N(C)C(C)C)C[C@H]2CCOC)C1=O. The number of nitrogens with one attached hydrogen (secondary N) is 3. The minimum absolute atomic E-state index is 0.00453. The highest BCUT2D eigenvalue weighted by Crippen LogP contribution is 2.36. The highest BCUT2D eigenvalue weighted by molar-refractivity contribution is 6.05. The first-order valence-corrected chi connectivity index (χ1v) is 14.0. The van der Waals surface area contributed by atoms with Gasteiger partial charge < -0.3 is 30.5 Å². The molecule has 1 heterocycles. The van der Waals surface area contributed by atoms with Crippen molar-refractivity contribution in [2.24, 2.45) is 5.92 Å². The zero-order chi connectivity index (χ0) is 29.6. The van der Waals surface area contributed by atoms with Gasteiger partial charge in [-0.3, -0.25) is 9.59 Å². The van der Waals surface area contributed by atoms with Crippen molar-refractivity contribution < 1.29 is 32.3 Å². The molecule has 9 nitrogen and oxygen atoms in total. The first-order valence-electron chi connectivity index (χ1n) is 14.0. The summed E-state index contributed by atoms with van der Waals surface area (Å²) in [5, 5.41) is 7.55. The van der Waals surface area contributed by atoms with Crippen molar-refractivity contribution in [2.75, 3.05) is 39.2 Å². The summed E-state index contributed by atoms with van der Waals surface area (Å²) >= 11 is 0. The number of ether oxygens (including phenoxy) is 1. The zero-order valence-corrected chi connectivity index (χ0v) is 23.9. The Hall–Kier alpha value is -2.86. The normalized spacial score (nSPS) is 23.6. The number of benzene rings is 1. The van der Waals surface area contributed by atoms with E-state index >= 15 is 0 Å². The highest BCUT2D eigenvalue weighted by atomic mass is 19.4. The monoisotopic (exact) mass is 569 g/mol. The van der Waals surface area contributed by atoms with Crippen molar-refractivity contribution in [3.05, 3.63) is 29.3 Å². The van der Waals surface area contributed by atoms with Gasteiger partial charge in [-0.25, -0.2) is 4.79 Å². The van der Waals surface area contributed by atoms with E-state index < -0.39 is 29.7 Å². The summed E-state index contributed by atoms with van der Waals surface area (Å²) in [7, 11) is 3.78. The molecule has 0 bridgehead atoms. The summed E-state index contributed by atoms with van der Waals surface area (Å²) in [6.45, 7) is 7.34. The van der Waals surface area contributed by atoms with Crippen LogP contribution in [0.4, 0.5) is 23.7 Å². The highest BCUT2D eigenvalue weighted by Gasteiger charge is 2.43. The molecule has 2 fully saturated rings. The Morgan fingerprint density at radius 3 is 2.55 bits per heavy atom. The van der Waals surface area contributed by atoms with Crippen LogP contribution in [-0.2, 0) is 15.7 Å². The first kappa shape index (κ1) is 31.7. The summed E-state index contributed by atoms with van der Waals surface area (Å²) in [6, 6.07) is 1.84. The van der Waals surface area contributed by atoms with Gasteiger partial charge in [0, 0.05) is 44.9 Å². The lowest BCUT2D eigenvalue weighted by Gasteiger charge is -2.44. The molecule has 4 atom stereocenters. The van der Waals surface area contributed by atoms with Gasteiger partial charge in [0.2, 0.25) is 5.91 Å². The van der Waals surface area contributed by atoms with Crippen LogP contribution in [0, 0.1) is 5.92 Å². The number of alkyl halides is 3. The average molecular weight is 570 g/mol. The molecule has 1 aromatic carbocycles. The lowest BCUT2D eigenvalue weighted by atomic mass is 9.78. The number of urea groups is 1. The zero-order valence-electron chi connectivity index (χ0n) is 23.9. The third kappa shape index (κ3) is 7.66. The van der Waals surface area contributed by atoms with Crippen LogP contribution >= 0.6 is 0 Å². The number of likely N-dealkylation sites (tertiary alicyclic amines) is 1. The number of halogens is 3. The fraction of sp³-hybridized carbons (Fsp3) is 0.679. The van der Waals surface area contributed by atoms with Crippen molar-refractivity contribution in [1.82, 2.24) is 20.4 Å². The molecule has 3 N–H and O–H groups in total. The van der Waals surface area contributed by atoms with Gasteiger partial charge in [-0.15, -0.1) is 0 Å². The van der Waals surface area contributed by atoms with E-state index in [1.165, 1.54) is 0 Å². The predicted octanol–water partition coefficient (Wildman–Crippen LogP) is 4.09. The Bertz CT molecular complexity index is 1050. The van der Waals surface area contributed by atoms with Gasteiger partial charge in [0.1, 0.15) is 6.04 Å². The van der Waals surface area contributed by atoms with E-state index in [1.807, 2.05) is 4.90 Å². The Labute approximate surface area is 234 Å². The first-order chi connectivity index (χ1) is 18.9. The van der Waals surface area contributed by atoms with Gasteiger partial charge in [0.05, 0.1) is 16.8 Å². The molecule has 0 spiro atoms. The molecule has 1 saturated carbocycles. The Kier molecular flexibility index (Phi) is 10.8. The Balaban J connectivity index is 1.76. The molecule has 224 valence electrons. The summed E-state index contributed by atoms with van der Waals surface area (Å²) in [4.78, 5) is 43.0.